The lowest BCUT2D eigenvalue weighted by Gasteiger charge is -2.19. The zero-order chi connectivity index (χ0) is 23.6. The van der Waals surface area contributed by atoms with Crippen LogP contribution in [0.25, 0.3) is 0 Å². The molecule has 2 aromatic rings. The summed E-state index contributed by atoms with van der Waals surface area (Å²) in [5, 5.41) is 13.4. The van der Waals surface area contributed by atoms with Crippen LogP contribution in [-0.4, -0.2) is 36.7 Å². The van der Waals surface area contributed by atoms with Crippen molar-refractivity contribution in [3.05, 3.63) is 59.7 Å². The molecule has 170 valence electrons. The van der Waals surface area contributed by atoms with E-state index < -0.39 is 11.7 Å². The van der Waals surface area contributed by atoms with E-state index in [1.165, 1.54) is 0 Å². The number of carbonyl (C=O) groups is 3. The highest BCUT2D eigenvalue weighted by molar-refractivity contribution is 5.89. The number of hydrogen-bond donors (Lipinski definition) is 2. The molecular formula is C23H28N4O5. The number of amides is 2. The summed E-state index contributed by atoms with van der Waals surface area (Å²) in [5.41, 5.74) is 1.95. The molecule has 0 spiro atoms. The summed E-state index contributed by atoms with van der Waals surface area (Å²) in [6.07, 6.45) is -0.641. The molecule has 9 nitrogen and oxygen atoms in total. The predicted molar refractivity (Wildman–Crippen MR) is 119 cm³/mol. The van der Waals surface area contributed by atoms with E-state index in [0.29, 0.717) is 30.1 Å². The number of rotatable bonds is 8. The van der Waals surface area contributed by atoms with Gasteiger partial charge in [0.25, 0.3) is 0 Å². The normalized spacial score (nSPS) is 11.1. The van der Waals surface area contributed by atoms with Crippen LogP contribution in [0.2, 0.25) is 0 Å². The SMILES string of the molecule is CCOC(=O)c1ccc(N=Nc2ccc(CNC(=O)CNC(=O)OC(C)(C)C)cc2)cc1. The molecule has 0 saturated carbocycles. The van der Waals surface area contributed by atoms with Crippen molar-refractivity contribution in [2.24, 2.45) is 10.2 Å². The molecule has 0 bridgehead atoms. The predicted octanol–water partition coefficient (Wildman–Crippen LogP) is 4.42. The number of alkyl carbamates (subject to hydrolysis) is 1. The van der Waals surface area contributed by atoms with Crippen LogP contribution in [0, 0.1) is 0 Å². The summed E-state index contributed by atoms with van der Waals surface area (Å²) < 4.78 is 10.0. The lowest BCUT2D eigenvalue weighted by Crippen LogP contribution is -2.39. The van der Waals surface area contributed by atoms with Crippen LogP contribution in [0.4, 0.5) is 16.2 Å². The molecule has 2 N–H and O–H groups in total. The molecule has 9 heteroatoms. The highest BCUT2D eigenvalue weighted by atomic mass is 16.6. The monoisotopic (exact) mass is 440 g/mol. The average molecular weight is 441 g/mol. The third-order valence-electron chi connectivity index (χ3n) is 3.88. The van der Waals surface area contributed by atoms with Crippen LogP contribution in [0.1, 0.15) is 43.6 Å². The van der Waals surface area contributed by atoms with E-state index >= 15 is 0 Å². The van der Waals surface area contributed by atoms with Gasteiger partial charge in [-0.15, -0.1) is 0 Å². The largest absolute Gasteiger partial charge is 0.462 e. The van der Waals surface area contributed by atoms with Crippen molar-refractivity contribution >= 4 is 29.3 Å². The van der Waals surface area contributed by atoms with Gasteiger partial charge in [0.05, 0.1) is 23.5 Å². The van der Waals surface area contributed by atoms with Gasteiger partial charge in [-0.2, -0.15) is 10.2 Å². The van der Waals surface area contributed by atoms with Crippen molar-refractivity contribution in [3.63, 3.8) is 0 Å². The fraction of sp³-hybridized carbons (Fsp3) is 0.348. The molecule has 0 saturated heterocycles. The first-order valence-electron chi connectivity index (χ1n) is 10.2. The lowest BCUT2D eigenvalue weighted by molar-refractivity contribution is -0.120. The Morgan fingerprint density at radius 3 is 1.97 bits per heavy atom. The Morgan fingerprint density at radius 1 is 0.875 bits per heavy atom. The second kappa shape index (κ2) is 11.6. The van der Waals surface area contributed by atoms with Crippen LogP contribution in [0.3, 0.4) is 0 Å². The first kappa shape index (κ1) is 24.5. The highest BCUT2D eigenvalue weighted by Crippen LogP contribution is 2.19. The van der Waals surface area contributed by atoms with E-state index in [-0.39, 0.29) is 18.4 Å². The van der Waals surface area contributed by atoms with E-state index in [2.05, 4.69) is 20.9 Å². The molecule has 0 atom stereocenters. The van der Waals surface area contributed by atoms with Crippen LogP contribution in [0.15, 0.2) is 58.8 Å². The van der Waals surface area contributed by atoms with Gasteiger partial charge in [-0.25, -0.2) is 9.59 Å². The van der Waals surface area contributed by atoms with E-state index in [1.807, 2.05) is 12.1 Å². The fourth-order valence-electron chi connectivity index (χ4n) is 2.40. The van der Waals surface area contributed by atoms with E-state index in [0.717, 1.165) is 5.56 Å². The van der Waals surface area contributed by atoms with Gasteiger partial charge in [0, 0.05) is 6.54 Å². The third-order valence-corrected chi connectivity index (χ3v) is 3.88. The minimum atomic E-state index is -0.641. The summed E-state index contributed by atoms with van der Waals surface area (Å²) in [5.74, 6) is -0.704. The first-order valence-corrected chi connectivity index (χ1v) is 10.2. The van der Waals surface area contributed by atoms with E-state index in [9.17, 15) is 14.4 Å². The molecule has 0 aliphatic carbocycles. The molecule has 32 heavy (non-hydrogen) atoms. The summed E-state index contributed by atoms with van der Waals surface area (Å²) in [4.78, 5) is 35.1. The number of hydrogen-bond acceptors (Lipinski definition) is 7. The third kappa shape index (κ3) is 8.95. The smallest absolute Gasteiger partial charge is 0.408 e. The molecule has 2 amide bonds. The number of benzene rings is 2. The maximum atomic E-state index is 11.9. The minimum Gasteiger partial charge on any atom is -0.462 e. The van der Waals surface area contributed by atoms with Crippen LogP contribution in [0.5, 0.6) is 0 Å². The molecule has 2 rings (SSSR count). The number of carbonyl (C=O) groups excluding carboxylic acids is 3. The summed E-state index contributed by atoms with van der Waals surface area (Å²) in [7, 11) is 0. The van der Waals surface area contributed by atoms with Crippen molar-refractivity contribution in [2.75, 3.05) is 13.2 Å². The lowest BCUT2D eigenvalue weighted by atomic mass is 10.2. The number of ether oxygens (including phenoxy) is 2. The second-order valence-electron chi connectivity index (χ2n) is 7.77. The van der Waals surface area contributed by atoms with Crippen molar-refractivity contribution < 1.29 is 23.9 Å². The molecule has 0 aliphatic rings. The van der Waals surface area contributed by atoms with Crippen LogP contribution >= 0.6 is 0 Å². The Bertz CT molecular complexity index is 948. The maximum absolute atomic E-state index is 11.9. The van der Waals surface area contributed by atoms with Gasteiger partial charge < -0.3 is 20.1 Å². The van der Waals surface area contributed by atoms with E-state index in [4.69, 9.17) is 9.47 Å². The summed E-state index contributed by atoms with van der Waals surface area (Å²) >= 11 is 0. The summed E-state index contributed by atoms with van der Waals surface area (Å²) in [6, 6.07) is 13.8. The van der Waals surface area contributed by atoms with Crippen molar-refractivity contribution in [3.8, 4) is 0 Å². The van der Waals surface area contributed by atoms with Crippen LogP contribution < -0.4 is 10.6 Å². The zero-order valence-corrected chi connectivity index (χ0v) is 18.7. The Labute approximate surface area is 187 Å². The molecule has 0 aliphatic heterocycles. The van der Waals surface area contributed by atoms with Crippen molar-refractivity contribution in [1.82, 2.24) is 10.6 Å². The number of nitrogens with one attached hydrogen (secondary N) is 2. The summed E-state index contributed by atoms with van der Waals surface area (Å²) in [6.45, 7) is 7.46. The van der Waals surface area contributed by atoms with E-state index in [1.54, 1.807) is 64.1 Å². The Kier molecular flexibility index (Phi) is 8.88. The Balaban J connectivity index is 1.80. The molecule has 0 heterocycles. The highest BCUT2D eigenvalue weighted by Gasteiger charge is 2.16. The maximum Gasteiger partial charge on any atom is 0.408 e. The van der Waals surface area contributed by atoms with Crippen LogP contribution in [-0.2, 0) is 20.8 Å². The van der Waals surface area contributed by atoms with Gasteiger partial charge in [0.2, 0.25) is 5.91 Å². The molecule has 0 fully saturated rings. The minimum absolute atomic E-state index is 0.170. The second-order valence-corrected chi connectivity index (χ2v) is 7.77. The van der Waals surface area contributed by atoms with Gasteiger partial charge in [0.15, 0.2) is 0 Å². The topological polar surface area (TPSA) is 118 Å². The Hall–Kier alpha value is -3.75. The van der Waals surface area contributed by atoms with Gasteiger partial charge in [0.1, 0.15) is 12.1 Å². The van der Waals surface area contributed by atoms with Gasteiger partial charge >= 0.3 is 12.1 Å². The fourth-order valence-corrected chi connectivity index (χ4v) is 2.40. The number of esters is 1. The number of nitrogens with zero attached hydrogens (tertiary/aromatic N) is 2. The molecule has 2 aromatic carbocycles. The number of azo groups is 1. The average Bonchev–Trinajstić information content (AvgIpc) is 2.75. The van der Waals surface area contributed by atoms with Gasteiger partial charge in [-0.1, -0.05) is 12.1 Å². The van der Waals surface area contributed by atoms with Gasteiger partial charge in [-0.05, 0) is 69.7 Å². The van der Waals surface area contributed by atoms with Crippen molar-refractivity contribution in [1.29, 1.82) is 0 Å². The zero-order valence-electron chi connectivity index (χ0n) is 18.7. The van der Waals surface area contributed by atoms with Gasteiger partial charge in [-0.3, -0.25) is 4.79 Å². The quantitative estimate of drug-likeness (QED) is 0.465. The standard InChI is InChI=1S/C23H28N4O5/c1-5-31-21(29)17-8-12-19(13-9-17)27-26-18-10-6-16(7-11-18)14-24-20(28)15-25-22(30)32-23(2,3)4/h6-13H,5,14-15H2,1-4H3,(H,24,28)(H,25,30). The van der Waals surface area contributed by atoms with Crippen molar-refractivity contribution in [2.45, 2.75) is 39.8 Å². The molecular weight excluding hydrogens is 412 g/mol. The molecule has 0 radical (unpaired) electrons. The Morgan fingerprint density at radius 2 is 1.44 bits per heavy atom. The molecule has 0 aromatic heterocycles. The first-order chi connectivity index (χ1) is 15.2. The molecule has 0 unspecified atom stereocenters.